The molecule has 2 heterocycles. The summed E-state index contributed by atoms with van der Waals surface area (Å²) in [6.07, 6.45) is 1.30. The van der Waals surface area contributed by atoms with Crippen LogP contribution in [0.15, 0.2) is 65.0 Å². The Labute approximate surface area is 204 Å². The molecule has 5 rings (SSSR count). The summed E-state index contributed by atoms with van der Waals surface area (Å²) in [5, 5.41) is 8.95. The smallest absolute Gasteiger partial charge is 0.227 e. The van der Waals surface area contributed by atoms with Crippen LogP contribution in [0.5, 0.6) is 5.75 Å². The number of thioether (sulfide) groups is 1. The molecule has 0 spiro atoms. The highest BCUT2D eigenvalue weighted by molar-refractivity contribution is 7.99. The molecule has 6 nitrogen and oxygen atoms in total. The molecule has 1 aliphatic carbocycles. The largest absolute Gasteiger partial charge is 0.489 e. The SMILES string of the molecule is CCSc1nc2n(n1)C(c1ccccc1OCc1ccccc1C)C1=C(CC(C)(C)CC1=O)N2. The maximum Gasteiger partial charge on any atom is 0.227 e. The summed E-state index contributed by atoms with van der Waals surface area (Å²) in [5.41, 5.74) is 4.89. The summed E-state index contributed by atoms with van der Waals surface area (Å²) in [7, 11) is 0. The third-order valence-electron chi connectivity index (χ3n) is 6.44. The minimum atomic E-state index is -0.373. The number of hydrogen-bond donors (Lipinski definition) is 1. The number of nitrogens with one attached hydrogen (secondary N) is 1. The number of Topliss-reactive ketones (excluding diaryl/α,β-unsaturated/α-hetero) is 1. The second-order valence-corrected chi connectivity index (χ2v) is 10.9. The van der Waals surface area contributed by atoms with Gasteiger partial charge in [0.1, 0.15) is 18.4 Å². The van der Waals surface area contributed by atoms with Crippen molar-refractivity contribution in [2.75, 3.05) is 11.1 Å². The van der Waals surface area contributed by atoms with Crippen molar-refractivity contribution in [1.29, 1.82) is 0 Å². The van der Waals surface area contributed by atoms with Crippen molar-refractivity contribution in [2.45, 2.75) is 58.3 Å². The molecule has 2 aromatic carbocycles. The molecule has 0 fully saturated rings. The van der Waals surface area contributed by atoms with E-state index in [9.17, 15) is 4.79 Å². The summed E-state index contributed by atoms with van der Waals surface area (Å²) in [4.78, 5) is 18.2. The van der Waals surface area contributed by atoms with E-state index in [1.165, 1.54) is 5.56 Å². The standard InChI is InChI=1S/C27H30N4O2S/c1-5-34-26-29-25-28-20-14-27(3,4)15-21(32)23(20)24(31(25)30-26)19-12-8-9-13-22(19)33-16-18-11-7-6-10-17(18)2/h6-13,24H,5,14-16H2,1-4H3,(H,28,29,30). The van der Waals surface area contributed by atoms with Crippen molar-refractivity contribution in [3.05, 3.63) is 76.5 Å². The molecule has 1 aromatic heterocycles. The molecule has 1 unspecified atom stereocenters. The van der Waals surface area contributed by atoms with Crippen LogP contribution >= 0.6 is 11.8 Å². The number of carbonyl (C=O) groups is 1. The molecular formula is C27H30N4O2S. The molecule has 2 aliphatic rings. The van der Waals surface area contributed by atoms with E-state index in [0.717, 1.165) is 40.3 Å². The van der Waals surface area contributed by atoms with Gasteiger partial charge in [0.15, 0.2) is 5.78 Å². The number of nitrogens with zero attached hydrogens (tertiary/aromatic N) is 3. The minimum absolute atomic E-state index is 0.0997. The fourth-order valence-corrected chi connectivity index (χ4v) is 5.39. The van der Waals surface area contributed by atoms with Crippen LogP contribution in [-0.4, -0.2) is 26.3 Å². The lowest BCUT2D eigenvalue weighted by atomic mass is 9.73. The number of para-hydroxylation sites is 1. The summed E-state index contributed by atoms with van der Waals surface area (Å²) < 4.78 is 8.23. The van der Waals surface area contributed by atoms with Gasteiger partial charge in [-0.05, 0) is 41.7 Å². The van der Waals surface area contributed by atoms with Crippen LogP contribution in [-0.2, 0) is 11.4 Å². The van der Waals surface area contributed by atoms with Crippen LogP contribution < -0.4 is 10.1 Å². The predicted octanol–water partition coefficient (Wildman–Crippen LogP) is 5.94. The van der Waals surface area contributed by atoms with Crippen LogP contribution in [0.3, 0.4) is 0 Å². The highest BCUT2D eigenvalue weighted by atomic mass is 32.2. The summed E-state index contributed by atoms with van der Waals surface area (Å²) in [5.74, 6) is 2.47. The number of anilines is 1. The molecule has 0 saturated carbocycles. The maximum atomic E-state index is 13.5. The summed E-state index contributed by atoms with van der Waals surface area (Å²) in [6.45, 7) is 8.92. The fraction of sp³-hybridized carbons (Fsp3) is 0.370. The van der Waals surface area contributed by atoms with E-state index in [4.69, 9.17) is 14.8 Å². The zero-order chi connectivity index (χ0) is 23.9. The van der Waals surface area contributed by atoms with Crippen molar-refractivity contribution >= 4 is 23.5 Å². The van der Waals surface area contributed by atoms with E-state index in [1.54, 1.807) is 11.8 Å². The van der Waals surface area contributed by atoms with Gasteiger partial charge in [0.05, 0.1) is 0 Å². The Bertz CT molecular complexity index is 1280. The molecule has 34 heavy (non-hydrogen) atoms. The average Bonchev–Trinajstić information content (AvgIpc) is 3.19. The third-order valence-corrected chi connectivity index (χ3v) is 7.16. The topological polar surface area (TPSA) is 69.0 Å². The lowest BCUT2D eigenvalue weighted by Crippen LogP contribution is -2.36. The molecule has 1 aliphatic heterocycles. The molecule has 0 amide bonds. The molecule has 3 aromatic rings. The van der Waals surface area contributed by atoms with Crippen LogP contribution in [0.25, 0.3) is 0 Å². The van der Waals surface area contributed by atoms with Crippen LogP contribution in [0.4, 0.5) is 5.95 Å². The number of ketones is 1. The van der Waals surface area contributed by atoms with Gasteiger partial charge < -0.3 is 10.1 Å². The Balaban J connectivity index is 1.59. The zero-order valence-electron chi connectivity index (χ0n) is 20.1. The molecule has 0 saturated heterocycles. The van der Waals surface area contributed by atoms with E-state index >= 15 is 0 Å². The van der Waals surface area contributed by atoms with E-state index in [1.807, 2.05) is 41.1 Å². The number of aromatic nitrogens is 3. The molecule has 176 valence electrons. The Kier molecular flexibility index (Phi) is 5.98. The fourth-order valence-electron chi connectivity index (χ4n) is 4.83. The second kappa shape index (κ2) is 8.95. The predicted molar refractivity (Wildman–Crippen MR) is 135 cm³/mol. The highest BCUT2D eigenvalue weighted by Crippen LogP contribution is 2.47. The van der Waals surface area contributed by atoms with Gasteiger partial charge in [-0.1, -0.05) is 75.0 Å². The number of ether oxygens (including phenoxy) is 1. The summed E-state index contributed by atoms with van der Waals surface area (Å²) in [6, 6.07) is 15.8. The number of rotatable bonds is 6. The van der Waals surface area contributed by atoms with Gasteiger partial charge in [0.25, 0.3) is 0 Å². The number of fused-ring (bicyclic) bond motifs is 1. The first-order chi connectivity index (χ1) is 16.4. The van der Waals surface area contributed by atoms with Gasteiger partial charge in [-0.15, -0.1) is 5.10 Å². The first-order valence-corrected chi connectivity index (χ1v) is 12.7. The van der Waals surface area contributed by atoms with Crippen molar-refractivity contribution in [1.82, 2.24) is 14.8 Å². The van der Waals surface area contributed by atoms with Crippen LogP contribution in [0.2, 0.25) is 0 Å². The Morgan fingerprint density at radius 2 is 1.91 bits per heavy atom. The van der Waals surface area contributed by atoms with Gasteiger partial charge in [-0.2, -0.15) is 4.98 Å². The average molecular weight is 475 g/mol. The number of hydrogen-bond acceptors (Lipinski definition) is 6. The van der Waals surface area contributed by atoms with E-state index in [0.29, 0.717) is 24.1 Å². The monoisotopic (exact) mass is 474 g/mol. The zero-order valence-corrected chi connectivity index (χ0v) is 20.9. The van der Waals surface area contributed by atoms with Crippen molar-refractivity contribution < 1.29 is 9.53 Å². The number of carbonyl (C=O) groups excluding carboxylic acids is 1. The molecule has 0 bridgehead atoms. The Hall–Kier alpha value is -3.06. The quantitative estimate of drug-likeness (QED) is 0.446. The van der Waals surface area contributed by atoms with E-state index in [-0.39, 0.29) is 17.2 Å². The Morgan fingerprint density at radius 3 is 2.71 bits per heavy atom. The Morgan fingerprint density at radius 1 is 1.15 bits per heavy atom. The minimum Gasteiger partial charge on any atom is -0.489 e. The van der Waals surface area contributed by atoms with Gasteiger partial charge >= 0.3 is 0 Å². The lowest BCUT2D eigenvalue weighted by Gasteiger charge is -2.38. The number of aryl methyl sites for hydroxylation is 1. The third kappa shape index (κ3) is 4.25. The first-order valence-electron chi connectivity index (χ1n) is 11.7. The van der Waals surface area contributed by atoms with Crippen molar-refractivity contribution in [3.8, 4) is 5.75 Å². The number of benzene rings is 2. The molecule has 0 radical (unpaired) electrons. The molecular weight excluding hydrogens is 444 g/mol. The van der Waals surface area contributed by atoms with Gasteiger partial charge in [0.2, 0.25) is 11.1 Å². The van der Waals surface area contributed by atoms with Crippen LogP contribution in [0, 0.1) is 12.3 Å². The molecule has 1 atom stereocenters. The van der Waals surface area contributed by atoms with Gasteiger partial charge in [-0.25, -0.2) is 4.68 Å². The normalized spacial score (nSPS) is 18.8. The van der Waals surface area contributed by atoms with E-state index in [2.05, 4.69) is 45.1 Å². The maximum absolute atomic E-state index is 13.5. The molecule has 1 N–H and O–H groups in total. The second-order valence-electron chi connectivity index (χ2n) is 9.71. The van der Waals surface area contributed by atoms with Gasteiger partial charge in [-0.3, -0.25) is 4.79 Å². The summed E-state index contributed by atoms with van der Waals surface area (Å²) >= 11 is 1.60. The first kappa shape index (κ1) is 22.7. The lowest BCUT2D eigenvalue weighted by molar-refractivity contribution is -0.118. The van der Waals surface area contributed by atoms with Crippen molar-refractivity contribution in [3.63, 3.8) is 0 Å². The van der Waals surface area contributed by atoms with E-state index < -0.39 is 0 Å². The highest BCUT2D eigenvalue weighted by Gasteiger charge is 2.42. The van der Waals surface area contributed by atoms with Crippen molar-refractivity contribution in [2.24, 2.45) is 5.41 Å². The number of allylic oxidation sites excluding steroid dienone is 2. The van der Waals surface area contributed by atoms with Crippen LogP contribution in [0.1, 0.15) is 56.3 Å². The van der Waals surface area contributed by atoms with Gasteiger partial charge in [0, 0.05) is 23.3 Å². The molecule has 7 heteroatoms.